The Kier molecular flexibility index (Phi) is 14.7. The van der Waals surface area contributed by atoms with Gasteiger partial charge in [-0.1, -0.05) is 127 Å². The van der Waals surface area contributed by atoms with Crippen molar-refractivity contribution in [2.24, 2.45) is 5.84 Å². The fraction of sp³-hybridized carbons (Fsp3) is 0.708. The number of hydrazine groups is 1. The van der Waals surface area contributed by atoms with Crippen LogP contribution in [0.25, 0.3) is 0 Å². The second kappa shape index (κ2) is 16.8. The molecule has 27 heavy (non-hydrogen) atoms. The second-order valence-electron chi connectivity index (χ2n) is 7.86. The first kappa shape index (κ1) is 23.7. The van der Waals surface area contributed by atoms with Crippen molar-refractivity contribution in [3.63, 3.8) is 0 Å². The quantitative estimate of drug-likeness (QED) is 0.139. The Bertz CT molecular complexity index is 461. The van der Waals surface area contributed by atoms with Gasteiger partial charge in [0.2, 0.25) is 5.91 Å². The van der Waals surface area contributed by atoms with E-state index >= 15 is 0 Å². The van der Waals surface area contributed by atoms with Crippen LogP contribution in [-0.2, 0) is 4.79 Å². The monoisotopic (exact) mass is 374 g/mol. The molecular formula is C24H42N2O. The number of nitrogens with two attached hydrogens (primary N) is 1. The SMILES string of the molecule is CCCCCCCCCCCCCCCCC(C(=O)NN)c1ccccc1. The number of hydrogen-bond donors (Lipinski definition) is 2. The molecular weight excluding hydrogens is 332 g/mol. The first-order valence-electron chi connectivity index (χ1n) is 11.3. The number of hydrogen-bond acceptors (Lipinski definition) is 2. The minimum absolute atomic E-state index is 0.0732. The Hall–Kier alpha value is -1.35. The fourth-order valence-electron chi connectivity index (χ4n) is 3.78. The summed E-state index contributed by atoms with van der Waals surface area (Å²) in [4.78, 5) is 12.0. The molecule has 3 heteroatoms. The third kappa shape index (κ3) is 11.9. The van der Waals surface area contributed by atoms with Gasteiger partial charge < -0.3 is 0 Å². The van der Waals surface area contributed by atoms with Crippen LogP contribution in [0, 0.1) is 0 Å². The summed E-state index contributed by atoms with van der Waals surface area (Å²) < 4.78 is 0. The zero-order valence-corrected chi connectivity index (χ0v) is 17.6. The van der Waals surface area contributed by atoms with Crippen LogP contribution in [0.1, 0.15) is 115 Å². The molecule has 0 aliphatic carbocycles. The van der Waals surface area contributed by atoms with E-state index in [9.17, 15) is 4.79 Å². The molecule has 0 spiro atoms. The molecule has 0 aromatic heterocycles. The van der Waals surface area contributed by atoms with Gasteiger partial charge in [-0.25, -0.2) is 5.84 Å². The molecule has 1 aromatic rings. The van der Waals surface area contributed by atoms with E-state index < -0.39 is 0 Å². The van der Waals surface area contributed by atoms with Crippen LogP contribution in [0.4, 0.5) is 0 Å². The van der Waals surface area contributed by atoms with Crippen LogP contribution in [0.5, 0.6) is 0 Å². The molecule has 0 saturated carbocycles. The van der Waals surface area contributed by atoms with Crippen molar-refractivity contribution in [1.29, 1.82) is 0 Å². The minimum atomic E-state index is -0.117. The fourth-order valence-corrected chi connectivity index (χ4v) is 3.78. The van der Waals surface area contributed by atoms with E-state index in [0.717, 1.165) is 18.4 Å². The van der Waals surface area contributed by atoms with E-state index in [0.29, 0.717) is 0 Å². The molecule has 3 N–H and O–H groups in total. The standard InChI is InChI=1S/C24H42N2O/c1-2-3-4-5-6-7-8-9-10-11-12-13-14-18-21-23(24(27)26-25)22-19-16-15-17-20-22/h15-17,19-20,23H,2-14,18,21,25H2,1H3,(H,26,27). The summed E-state index contributed by atoms with van der Waals surface area (Å²) in [5.74, 6) is 5.17. The molecule has 1 atom stereocenters. The van der Waals surface area contributed by atoms with Gasteiger partial charge >= 0.3 is 0 Å². The summed E-state index contributed by atoms with van der Waals surface area (Å²) in [6.45, 7) is 2.28. The molecule has 0 saturated heterocycles. The largest absolute Gasteiger partial charge is 0.294 e. The van der Waals surface area contributed by atoms with Crippen LogP contribution in [0.3, 0.4) is 0 Å². The smallest absolute Gasteiger partial charge is 0.241 e. The molecule has 1 amide bonds. The van der Waals surface area contributed by atoms with E-state index in [2.05, 4.69) is 12.3 Å². The molecule has 1 unspecified atom stereocenters. The van der Waals surface area contributed by atoms with Crippen LogP contribution < -0.4 is 11.3 Å². The predicted molar refractivity (Wildman–Crippen MR) is 116 cm³/mol. The summed E-state index contributed by atoms with van der Waals surface area (Å²) in [6.07, 6.45) is 19.8. The summed E-state index contributed by atoms with van der Waals surface area (Å²) >= 11 is 0. The lowest BCUT2D eigenvalue weighted by molar-refractivity contribution is -0.122. The molecule has 1 rings (SSSR count). The number of benzene rings is 1. The van der Waals surface area contributed by atoms with Crippen LogP contribution in [-0.4, -0.2) is 5.91 Å². The zero-order valence-electron chi connectivity index (χ0n) is 17.6. The summed E-state index contributed by atoms with van der Waals surface area (Å²) in [7, 11) is 0. The maximum Gasteiger partial charge on any atom is 0.241 e. The van der Waals surface area contributed by atoms with Crippen molar-refractivity contribution in [1.82, 2.24) is 5.43 Å². The van der Waals surface area contributed by atoms with Gasteiger partial charge in [0.15, 0.2) is 0 Å². The molecule has 0 bridgehead atoms. The highest BCUT2D eigenvalue weighted by Gasteiger charge is 2.18. The molecule has 1 aromatic carbocycles. The van der Waals surface area contributed by atoms with E-state index in [1.807, 2.05) is 30.3 Å². The predicted octanol–water partition coefficient (Wildman–Crippen LogP) is 6.63. The van der Waals surface area contributed by atoms with Gasteiger partial charge in [0.25, 0.3) is 0 Å². The number of unbranched alkanes of at least 4 members (excludes halogenated alkanes) is 13. The Morgan fingerprint density at radius 2 is 1.22 bits per heavy atom. The third-order valence-electron chi connectivity index (χ3n) is 5.51. The zero-order chi connectivity index (χ0) is 19.6. The summed E-state index contributed by atoms with van der Waals surface area (Å²) in [5.41, 5.74) is 3.39. The first-order chi connectivity index (χ1) is 13.3. The van der Waals surface area contributed by atoms with E-state index in [-0.39, 0.29) is 11.8 Å². The van der Waals surface area contributed by atoms with Gasteiger partial charge in [-0.3, -0.25) is 10.2 Å². The molecule has 3 nitrogen and oxygen atoms in total. The third-order valence-corrected chi connectivity index (χ3v) is 5.51. The average Bonchev–Trinajstić information content (AvgIpc) is 2.71. The van der Waals surface area contributed by atoms with Crippen LogP contribution >= 0.6 is 0 Å². The highest BCUT2D eigenvalue weighted by Crippen LogP contribution is 2.23. The van der Waals surface area contributed by atoms with Crippen molar-refractivity contribution < 1.29 is 4.79 Å². The topological polar surface area (TPSA) is 55.1 Å². The molecule has 0 aliphatic rings. The van der Waals surface area contributed by atoms with Gasteiger partial charge in [0.05, 0.1) is 5.92 Å². The molecule has 0 fully saturated rings. The van der Waals surface area contributed by atoms with Crippen molar-refractivity contribution in [2.75, 3.05) is 0 Å². The lowest BCUT2D eigenvalue weighted by Crippen LogP contribution is -2.34. The van der Waals surface area contributed by atoms with Crippen LogP contribution in [0.2, 0.25) is 0 Å². The Morgan fingerprint density at radius 1 is 0.778 bits per heavy atom. The number of carbonyl (C=O) groups excluding carboxylic acids is 1. The Balaban J connectivity index is 1.99. The number of amides is 1. The maximum absolute atomic E-state index is 12.0. The molecule has 154 valence electrons. The van der Waals surface area contributed by atoms with Gasteiger partial charge in [-0.15, -0.1) is 0 Å². The van der Waals surface area contributed by atoms with E-state index in [4.69, 9.17) is 5.84 Å². The lowest BCUT2D eigenvalue weighted by atomic mass is 9.92. The van der Waals surface area contributed by atoms with Crippen molar-refractivity contribution in [2.45, 2.75) is 109 Å². The maximum atomic E-state index is 12.0. The highest BCUT2D eigenvalue weighted by molar-refractivity contribution is 5.82. The Labute approximate surface area is 167 Å². The first-order valence-corrected chi connectivity index (χ1v) is 11.3. The molecule has 0 heterocycles. The number of rotatable bonds is 17. The average molecular weight is 375 g/mol. The van der Waals surface area contributed by atoms with E-state index in [1.165, 1.54) is 83.5 Å². The van der Waals surface area contributed by atoms with Gasteiger partial charge in [0.1, 0.15) is 0 Å². The number of nitrogens with one attached hydrogen (secondary N) is 1. The number of carbonyl (C=O) groups is 1. The van der Waals surface area contributed by atoms with Crippen LogP contribution in [0.15, 0.2) is 30.3 Å². The van der Waals surface area contributed by atoms with Crippen molar-refractivity contribution in [3.05, 3.63) is 35.9 Å². The molecule has 0 radical (unpaired) electrons. The molecule has 0 aliphatic heterocycles. The highest BCUT2D eigenvalue weighted by atomic mass is 16.2. The lowest BCUT2D eigenvalue weighted by Gasteiger charge is -2.15. The minimum Gasteiger partial charge on any atom is -0.294 e. The van der Waals surface area contributed by atoms with Crippen molar-refractivity contribution >= 4 is 5.91 Å². The van der Waals surface area contributed by atoms with Crippen molar-refractivity contribution in [3.8, 4) is 0 Å². The summed E-state index contributed by atoms with van der Waals surface area (Å²) in [6, 6.07) is 9.98. The second-order valence-corrected chi connectivity index (χ2v) is 7.86. The van der Waals surface area contributed by atoms with Gasteiger partial charge in [-0.05, 0) is 12.0 Å². The van der Waals surface area contributed by atoms with Gasteiger partial charge in [-0.2, -0.15) is 0 Å². The van der Waals surface area contributed by atoms with Gasteiger partial charge in [0, 0.05) is 0 Å². The Morgan fingerprint density at radius 3 is 1.67 bits per heavy atom. The normalized spacial score (nSPS) is 12.1. The summed E-state index contributed by atoms with van der Waals surface area (Å²) in [5, 5.41) is 0. The van der Waals surface area contributed by atoms with E-state index in [1.54, 1.807) is 0 Å².